The average molecular weight is 724 g/mol. The van der Waals surface area contributed by atoms with E-state index in [0.717, 1.165) is 19.0 Å². The number of aliphatic hydroxyl groups excluding tert-OH is 2. The summed E-state index contributed by atoms with van der Waals surface area (Å²) in [6.45, 7) is 5.74. The summed E-state index contributed by atoms with van der Waals surface area (Å²) < 4.78 is 60.2. The molecule has 4 aromatic rings. The zero-order valence-corrected chi connectivity index (χ0v) is 29.7. The van der Waals surface area contributed by atoms with E-state index in [4.69, 9.17) is 20.6 Å². The van der Waals surface area contributed by atoms with E-state index in [0.29, 0.717) is 16.8 Å². The van der Waals surface area contributed by atoms with Crippen LogP contribution in [-0.2, 0) is 4.74 Å². The van der Waals surface area contributed by atoms with Gasteiger partial charge in [-0.05, 0) is 54.7 Å². The Morgan fingerprint density at radius 2 is 1.83 bits per heavy atom. The third-order valence-electron chi connectivity index (χ3n) is 10.1. The fraction of sp³-hybridized carbons (Fsp3) is 0.500. The van der Waals surface area contributed by atoms with Crippen molar-refractivity contribution in [2.24, 2.45) is 5.41 Å². The average Bonchev–Trinajstić information content (AvgIpc) is 3.76. The van der Waals surface area contributed by atoms with Gasteiger partial charge in [-0.2, -0.15) is 9.97 Å². The number of benzene rings is 2. The van der Waals surface area contributed by atoms with Gasteiger partial charge >= 0.3 is 6.01 Å². The number of hydrogen-bond acceptors (Lipinski definition) is 11. The van der Waals surface area contributed by atoms with Gasteiger partial charge in [0.15, 0.2) is 5.82 Å². The highest BCUT2D eigenvalue weighted by Gasteiger charge is 2.54. The molecule has 1 saturated carbocycles. The highest BCUT2D eigenvalue weighted by Crippen LogP contribution is 2.56. The number of nitrogens with zero attached hydrogens (tertiary/aromatic N) is 5. The van der Waals surface area contributed by atoms with Crippen LogP contribution in [0.4, 0.5) is 19.0 Å². The number of ether oxygens (including phenoxy) is 3. The van der Waals surface area contributed by atoms with Crippen molar-refractivity contribution in [2.75, 3.05) is 58.5 Å². The molecule has 3 unspecified atom stereocenters. The number of aliphatic hydroxyl groups is 2. The molecule has 278 valence electrons. The van der Waals surface area contributed by atoms with Crippen LogP contribution in [0.2, 0.25) is 0 Å². The minimum atomic E-state index is -0.934. The third kappa shape index (κ3) is 7.15. The third-order valence-corrected chi connectivity index (χ3v) is 10.1. The summed E-state index contributed by atoms with van der Waals surface area (Å²) in [6.07, 6.45) is 8.43. The molecule has 3 saturated heterocycles. The van der Waals surface area contributed by atoms with Crippen molar-refractivity contribution < 1.29 is 42.7 Å². The Morgan fingerprint density at radius 1 is 1.06 bits per heavy atom. The number of rotatable bonds is 5. The molecule has 5 heterocycles. The summed E-state index contributed by atoms with van der Waals surface area (Å²) in [4.78, 5) is 17.0. The minimum absolute atomic E-state index is 0.0194. The number of fused-ring (bicyclic) bond motifs is 3. The van der Waals surface area contributed by atoms with E-state index in [-0.39, 0.29) is 82.9 Å². The second-order valence-corrected chi connectivity index (χ2v) is 13.5. The Balaban J connectivity index is 0.000000297. The van der Waals surface area contributed by atoms with Crippen LogP contribution in [0.15, 0.2) is 24.3 Å². The Morgan fingerprint density at radius 3 is 2.48 bits per heavy atom. The topological polar surface area (TPSA) is 134 Å². The molecule has 4 atom stereocenters. The molecule has 0 amide bonds. The fourth-order valence-corrected chi connectivity index (χ4v) is 7.58. The zero-order chi connectivity index (χ0) is 37.3. The molecule has 2 aromatic carbocycles. The monoisotopic (exact) mass is 723 g/mol. The maximum Gasteiger partial charge on any atom is 0.318 e. The molecule has 1 aliphatic carbocycles. The predicted octanol–water partition coefficient (Wildman–Crippen LogP) is 4.99. The standard InChI is InChI=1S/C27H24F2N4O6.C9H14FN.C2H6/c1-4-17-19(28)6-5-13-7-14(35)8-18(20(13)17)23-22(29)24-21(26(30-23)37-2)25(32-27(31-24)38-3)33-9-15(36)12-39-16(10-33)11-34;10-7-3-8-4-9(1-2-9)6-11(8)5-7;1-2/h1,5-8,15-16,34-36H,9-12H2,2-3H3;7-8H,1-6H2;1-2H3/t15?,16-;;/m1../s1. The lowest BCUT2D eigenvalue weighted by molar-refractivity contribution is -0.0106. The quantitative estimate of drug-likeness (QED) is 0.241. The molecule has 11 nitrogen and oxygen atoms in total. The number of β-amino-alcohol motifs (C(OH)–C–C–N with tert-alkyl or cyclic N) is 1. The van der Waals surface area contributed by atoms with Crippen LogP contribution >= 0.6 is 0 Å². The van der Waals surface area contributed by atoms with Crippen molar-refractivity contribution in [2.45, 2.75) is 64.0 Å². The highest BCUT2D eigenvalue weighted by atomic mass is 19.1. The van der Waals surface area contributed by atoms with Crippen LogP contribution < -0.4 is 14.4 Å². The van der Waals surface area contributed by atoms with Crippen LogP contribution in [0, 0.1) is 29.4 Å². The number of aromatic nitrogens is 3. The van der Waals surface area contributed by atoms with Crippen LogP contribution in [0.3, 0.4) is 0 Å². The first-order chi connectivity index (χ1) is 25.1. The molecule has 3 N–H and O–H groups in total. The Labute approximate surface area is 300 Å². The number of halogens is 3. The number of alkyl halides is 1. The van der Waals surface area contributed by atoms with Gasteiger partial charge in [0.05, 0.1) is 45.2 Å². The summed E-state index contributed by atoms with van der Waals surface area (Å²) in [6, 6.07) is 5.61. The Kier molecular flexibility index (Phi) is 11.0. The van der Waals surface area contributed by atoms with Crippen molar-refractivity contribution in [3.8, 4) is 41.2 Å². The van der Waals surface area contributed by atoms with Crippen molar-refractivity contribution in [1.82, 2.24) is 19.9 Å². The molecule has 4 aliphatic rings. The van der Waals surface area contributed by atoms with E-state index < -0.39 is 30.0 Å². The molecular weight excluding hydrogens is 679 g/mol. The summed E-state index contributed by atoms with van der Waals surface area (Å²) in [5.74, 6) is 0.488. The lowest BCUT2D eigenvalue weighted by Crippen LogP contribution is -2.36. The van der Waals surface area contributed by atoms with E-state index in [1.54, 1.807) is 4.90 Å². The van der Waals surface area contributed by atoms with Crippen LogP contribution in [0.25, 0.3) is 32.9 Å². The van der Waals surface area contributed by atoms with Gasteiger partial charge in [-0.15, -0.1) is 6.42 Å². The molecule has 52 heavy (non-hydrogen) atoms. The lowest BCUT2D eigenvalue weighted by Gasteiger charge is -2.26. The molecule has 4 fully saturated rings. The number of pyridine rings is 1. The van der Waals surface area contributed by atoms with Gasteiger partial charge in [0.1, 0.15) is 40.2 Å². The van der Waals surface area contributed by atoms with Gasteiger partial charge in [0, 0.05) is 43.2 Å². The largest absolute Gasteiger partial charge is 0.508 e. The lowest BCUT2D eigenvalue weighted by atomic mass is 9.95. The molecule has 1 spiro atoms. The summed E-state index contributed by atoms with van der Waals surface area (Å²) in [5, 5.41) is 31.1. The number of methoxy groups -OCH3 is 2. The number of hydrogen-bond donors (Lipinski definition) is 3. The number of phenolic OH excluding ortho intramolecular Hbond substituents is 1. The SMILES string of the molecule is C#Cc1c(F)ccc2cc(O)cc(-c3nc(OC)c4c(N5CC(O)CO[C@@H](CO)C5)nc(OC)nc4c3F)c12.CC.FC1CC2CC3(CC3)CN2C1. The second-order valence-electron chi connectivity index (χ2n) is 13.5. The normalized spacial score (nSPS) is 23.3. The number of aromatic hydroxyl groups is 1. The fourth-order valence-electron chi connectivity index (χ4n) is 7.58. The van der Waals surface area contributed by atoms with E-state index in [1.165, 1.54) is 58.2 Å². The number of anilines is 1. The van der Waals surface area contributed by atoms with Crippen LogP contribution in [0.1, 0.15) is 45.1 Å². The van der Waals surface area contributed by atoms with Gasteiger partial charge in [-0.25, -0.2) is 18.2 Å². The smallest absolute Gasteiger partial charge is 0.318 e. The zero-order valence-electron chi connectivity index (χ0n) is 29.7. The van der Waals surface area contributed by atoms with Crippen molar-refractivity contribution in [1.29, 1.82) is 0 Å². The molecule has 0 radical (unpaired) electrons. The Hall–Kier alpha value is -4.42. The highest BCUT2D eigenvalue weighted by molar-refractivity contribution is 6.04. The summed E-state index contributed by atoms with van der Waals surface area (Å²) in [5.41, 5.74) is 0.0336. The van der Waals surface area contributed by atoms with E-state index >= 15 is 4.39 Å². The molecule has 0 bridgehead atoms. The second kappa shape index (κ2) is 15.3. The van der Waals surface area contributed by atoms with Gasteiger partial charge in [-0.1, -0.05) is 25.8 Å². The summed E-state index contributed by atoms with van der Waals surface area (Å²) >= 11 is 0. The van der Waals surface area contributed by atoms with Gasteiger partial charge in [-0.3, -0.25) is 4.90 Å². The van der Waals surface area contributed by atoms with Crippen LogP contribution in [-0.4, -0.2) is 113 Å². The summed E-state index contributed by atoms with van der Waals surface area (Å²) in [7, 11) is 2.63. The first-order valence-electron chi connectivity index (χ1n) is 17.5. The molecule has 3 aliphatic heterocycles. The van der Waals surface area contributed by atoms with Gasteiger partial charge < -0.3 is 34.4 Å². The predicted molar refractivity (Wildman–Crippen MR) is 190 cm³/mol. The van der Waals surface area contributed by atoms with E-state index in [9.17, 15) is 24.1 Å². The molecule has 2 aromatic heterocycles. The number of terminal acetylenes is 1. The van der Waals surface area contributed by atoms with Crippen LogP contribution in [0.5, 0.6) is 17.6 Å². The first-order valence-corrected chi connectivity index (χ1v) is 17.5. The Bertz CT molecular complexity index is 1970. The molecule has 14 heteroatoms. The van der Waals surface area contributed by atoms with Crippen molar-refractivity contribution in [3.05, 3.63) is 41.5 Å². The van der Waals surface area contributed by atoms with Gasteiger partial charge in [0.2, 0.25) is 5.88 Å². The molecule has 8 rings (SSSR count). The maximum absolute atomic E-state index is 16.4. The maximum atomic E-state index is 16.4. The van der Waals surface area contributed by atoms with Crippen molar-refractivity contribution in [3.63, 3.8) is 0 Å². The van der Waals surface area contributed by atoms with Gasteiger partial charge in [0.25, 0.3) is 0 Å². The molecular formula is C38H44F3N5O6. The minimum Gasteiger partial charge on any atom is -0.508 e. The number of phenols is 1. The van der Waals surface area contributed by atoms with E-state index in [2.05, 4.69) is 25.8 Å². The van der Waals surface area contributed by atoms with Crippen molar-refractivity contribution >= 4 is 27.5 Å². The first kappa shape index (κ1) is 37.3. The van der Waals surface area contributed by atoms with E-state index in [1.807, 2.05) is 13.8 Å².